The second-order valence-corrected chi connectivity index (χ2v) is 29.1. The number of aliphatic hydroxyl groups is 1. The molecular formula is C85H142O17P2. The van der Waals surface area contributed by atoms with E-state index < -0.39 is 97.5 Å². The number of carbonyl (C=O) groups is 4. The first-order valence-electron chi connectivity index (χ1n) is 40.1. The Kier molecular flexibility index (Phi) is 72.4. The number of ether oxygens (including phenoxy) is 4. The summed E-state index contributed by atoms with van der Waals surface area (Å²) in [4.78, 5) is 73.0. The Morgan fingerprint density at radius 1 is 0.279 bits per heavy atom. The zero-order valence-electron chi connectivity index (χ0n) is 64.9. The SMILES string of the molecule is CC/C=C\C/C=C\C/C=C\C/C=C\CCCCCCCCC(=O)OCC(COP(=O)(O)OCC(O)COP(=O)(O)OCC(COC(=O)CCCCCCCCC/C=C\C/C=C\C/C=C\CC)OC(=O)CCCCCCC/C=C\CCCC)OC(=O)CCCCCC/C=C\C/C=C\C/C=C\C/C=C\CC. The van der Waals surface area contributed by atoms with E-state index in [1.165, 1.54) is 12.8 Å². The van der Waals surface area contributed by atoms with Crippen molar-refractivity contribution in [2.24, 2.45) is 0 Å². The van der Waals surface area contributed by atoms with Gasteiger partial charge in [-0.2, -0.15) is 0 Å². The molecule has 104 heavy (non-hydrogen) atoms. The van der Waals surface area contributed by atoms with E-state index in [-0.39, 0.29) is 25.7 Å². The Labute approximate surface area is 630 Å². The summed E-state index contributed by atoms with van der Waals surface area (Å²) < 4.78 is 68.6. The quantitative estimate of drug-likeness (QED) is 0.0169. The topological polar surface area (TPSA) is 237 Å². The maximum Gasteiger partial charge on any atom is 0.472 e. The second kappa shape index (κ2) is 76.1. The van der Waals surface area contributed by atoms with Crippen LogP contribution in [0, 0.1) is 0 Å². The molecule has 5 atom stereocenters. The summed E-state index contributed by atoms with van der Waals surface area (Å²) in [6.45, 7) is 4.44. The van der Waals surface area contributed by atoms with Gasteiger partial charge in [-0.15, -0.1) is 0 Å². The summed E-state index contributed by atoms with van der Waals surface area (Å²) in [7, 11) is -9.98. The van der Waals surface area contributed by atoms with E-state index >= 15 is 0 Å². The zero-order chi connectivity index (χ0) is 76.0. The van der Waals surface area contributed by atoms with Crippen molar-refractivity contribution in [3.63, 3.8) is 0 Å². The van der Waals surface area contributed by atoms with Gasteiger partial charge in [0.2, 0.25) is 0 Å². The predicted octanol–water partition coefficient (Wildman–Crippen LogP) is 23.4. The fraction of sp³-hybridized carbons (Fsp3) is 0.671. The number of esters is 4. The molecule has 0 saturated carbocycles. The molecule has 0 aromatic carbocycles. The minimum absolute atomic E-state index is 0.0593. The third-order valence-corrected chi connectivity index (χ3v) is 18.2. The van der Waals surface area contributed by atoms with Gasteiger partial charge in [-0.05, 0) is 154 Å². The summed E-state index contributed by atoms with van der Waals surface area (Å²) in [6.07, 6.45) is 86.8. The lowest BCUT2D eigenvalue weighted by Gasteiger charge is -2.21. The van der Waals surface area contributed by atoms with Crippen molar-refractivity contribution in [3.8, 4) is 0 Å². The van der Waals surface area contributed by atoms with Gasteiger partial charge in [-0.1, -0.05) is 276 Å². The summed E-state index contributed by atoms with van der Waals surface area (Å²) >= 11 is 0. The molecule has 0 fully saturated rings. The van der Waals surface area contributed by atoms with Gasteiger partial charge >= 0.3 is 39.5 Å². The second-order valence-electron chi connectivity index (χ2n) is 26.2. The third kappa shape index (κ3) is 75.2. The van der Waals surface area contributed by atoms with Crippen molar-refractivity contribution >= 4 is 39.5 Å². The van der Waals surface area contributed by atoms with Crippen LogP contribution in [0.25, 0.3) is 0 Å². The van der Waals surface area contributed by atoms with Gasteiger partial charge in [0, 0.05) is 25.7 Å². The standard InChI is InChI=1S/C85H142O17P2/c1-5-9-13-17-21-25-29-32-35-38-39-42-44-47-51-54-58-62-66-70-83(88)96-76-81(102-85(90)72-68-64-60-56-52-48-45-41-37-34-31-27-23-19-15-11-7-3)78-100-104(93,94)98-74-79(86)73-97-103(91,92)99-77-80(101-84(89)71-67-63-59-55-49-28-24-20-16-12-8-4)75-95-82(87)69-65-61-57-53-50-46-43-40-36-33-30-26-22-18-14-10-6-2/h9-11,13-15,20-27,32-37,39,42,45,48,79-81,86H,5-8,12,16-19,28-31,38,40-41,43-44,46-47,49-78H2,1-4H3,(H,91,92)(H,93,94)/b13-9-,14-10-,15-11-,24-20-,25-21-,26-22-,27-23-,35-32-,36-33-,37-34-,42-39-,48-45-. The number of rotatable bonds is 74. The Morgan fingerprint density at radius 2 is 0.500 bits per heavy atom. The van der Waals surface area contributed by atoms with Crippen LogP contribution >= 0.6 is 15.6 Å². The molecule has 5 unspecified atom stereocenters. The Morgan fingerprint density at radius 3 is 0.779 bits per heavy atom. The molecule has 0 amide bonds. The van der Waals surface area contributed by atoms with E-state index in [0.29, 0.717) is 25.7 Å². The predicted molar refractivity (Wildman–Crippen MR) is 427 cm³/mol. The molecule has 3 N–H and O–H groups in total. The summed E-state index contributed by atoms with van der Waals surface area (Å²) in [6, 6.07) is 0. The monoisotopic (exact) mass is 1500 g/mol. The number of hydrogen-bond donors (Lipinski definition) is 3. The van der Waals surface area contributed by atoms with Gasteiger partial charge in [0.05, 0.1) is 26.4 Å². The van der Waals surface area contributed by atoms with Crippen LogP contribution in [0.15, 0.2) is 146 Å². The lowest BCUT2D eigenvalue weighted by atomic mass is 10.1. The first-order valence-corrected chi connectivity index (χ1v) is 43.1. The number of carbonyl (C=O) groups excluding carboxylic acids is 4. The number of phosphoric acid groups is 2. The van der Waals surface area contributed by atoms with Crippen LogP contribution in [-0.2, 0) is 65.4 Å². The summed E-state index contributed by atoms with van der Waals surface area (Å²) in [5.74, 6) is -2.24. The van der Waals surface area contributed by atoms with Gasteiger partial charge in [0.15, 0.2) is 12.2 Å². The molecule has 0 spiro atoms. The van der Waals surface area contributed by atoms with Crippen molar-refractivity contribution in [2.75, 3.05) is 39.6 Å². The lowest BCUT2D eigenvalue weighted by Crippen LogP contribution is -2.30. The molecule has 19 heteroatoms. The molecule has 0 heterocycles. The average Bonchev–Trinajstić information content (AvgIpc) is 0.931. The van der Waals surface area contributed by atoms with Crippen molar-refractivity contribution in [1.82, 2.24) is 0 Å². The zero-order valence-corrected chi connectivity index (χ0v) is 66.7. The summed E-state index contributed by atoms with van der Waals surface area (Å²) in [5, 5.41) is 10.6. The maximum atomic E-state index is 13.1. The van der Waals surface area contributed by atoms with Crippen molar-refractivity contribution in [2.45, 2.75) is 329 Å². The molecule has 0 aromatic rings. The van der Waals surface area contributed by atoms with Gasteiger partial charge in [-0.25, -0.2) is 9.13 Å². The Bertz CT molecular complexity index is 2540. The lowest BCUT2D eigenvalue weighted by molar-refractivity contribution is -0.161. The van der Waals surface area contributed by atoms with Crippen LogP contribution in [0.3, 0.4) is 0 Å². The molecule has 17 nitrogen and oxygen atoms in total. The van der Waals surface area contributed by atoms with Crippen LogP contribution in [0.2, 0.25) is 0 Å². The van der Waals surface area contributed by atoms with E-state index in [4.69, 9.17) is 37.0 Å². The summed E-state index contributed by atoms with van der Waals surface area (Å²) in [5.41, 5.74) is 0. The van der Waals surface area contributed by atoms with Crippen LogP contribution in [0.1, 0.15) is 310 Å². The largest absolute Gasteiger partial charge is 0.472 e. The van der Waals surface area contributed by atoms with Gasteiger partial charge in [-0.3, -0.25) is 37.3 Å². The molecule has 0 aliphatic rings. The molecule has 0 rings (SSSR count). The Balaban J connectivity index is 5.38. The molecule has 594 valence electrons. The Hall–Kier alpha value is -5.06. The fourth-order valence-electron chi connectivity index (χ4n) is 10.3. The third-order valence-electron chi connectivity index (χ3n) is 16.3. The highest BCUT2D eigenvalue weighted by molar-refractivity contribution is 7.47. The number of aliphatic hydroxyl groups excluding tert-OH is 1. The average molecular weight is 1500 g/mol. The number of hydrogen-bond acceptors (Lipinski definition) is 15. The number of allylic oxidation sites excluding steroid dienone is 24. The van der Waals surface area contributed by atoms with E-state index in [1.807, 2.05) is 0 Å². The van der Waals surface area contributed by atoms with Crippen LogP contribution < -0.4 is 0 Å². The molecule has 0 radical (unpaired) electrons. The molecule has 0 aromatic heterocycles. The van der Waals surface area contributed by atoms with E-state index in [1.54, 1.807) is 0 Å². The van der Waals surface area contributed by atoms with Crippen LogP contribution in [-0.4, -0.2) is 96.7 Å². The van der Waals surface area contributed by atoms with E-state index in [9.17, 15) is 43.2 Å². The molecule has 0 saturated heterocycles. The first kappa shape index (κ1) is 98.9. The number of unbranched alkanes of at least 4 members (excludes halogenated alkanes) is 24. The molecular weight excluding hydrogens is 1350 g/mol. The highest BCUT2D eigenvalue weighted by atomic mass is 31.2. The minimum atomic E-state index is -4.99. The van der Waals surface area contributed by atoms with Gasteiger partial charge in [0.25, 0.3) is 0 Å². The van der Waals surface area contributed by atoms with Crippen LogP contribution in [0.5, 0.6) is 0 Å². The first-order chi connectivity index (χ1) is 50.7. The molecule has 0 aliphatic heterocycles. The fourth-order valence-corrected chi connectivity index (χ4v) is 11.8. The minimum Gasteiger partial charge on any atom is -0.462 e. The van der Waals surface area contributed by atoms with E-state index in [0.717, 1.165) is 218 Å². The smallest absolute Gasteiger partial charge is 0.462 e. The van der Waals surface area contributed by atoms with Crippen LogP contribution in [0.4, 0.5) is 0 Å². The van der Waals surface area contributed by atoms with Crippen molar-refractivity contribution < 1.29 is 80.2 Å². The van der Waals surface area contributed by atoms with Crippen molar-refractivity contribution in [3.05, 3.63) is 146 Å². The maximum absolute atomic E-state index is 13.1. The highest BCUT2D eigenvalue weighted by Gasteiger charge is 2.30. The van der Waals surface area contributed by atoms with Crippen molar-refractivity contribution in [1.29, 1.82) is 0 Å². The molecule has 0 aliphatic carbocycles. The van der Waals surface area contributed by atoms with E-state index in [2.05, 4.69) is 174 Å². The molecule has 0 bridgehead atoms. The highest BCUT2D eigenvalue weighted by Crippen LogP contribution is 2.45. The normalized spacial score (nSPS) is 14.6. The number of phosphoric ester groups is 2. The van der Waals surface area contributed by atoms with Gasteiger partial charge in [0.1, 0.15) is 19.3 Å². The van der Waals surface area contributed by atoms with Gasteiger partial charge < -0.3 is 33.8 Å².